The van der Waals surface area contributed by atoms with E-state index in [0.717, 1.165) is 25.7 Å². The van der Waals surface area contributed by atoms with E-state index in [0.29, 0.717) is 12.5 Å². The molecule has 2 aromatic rings. The standard InChI is InChI=1S/C19H27N3OS/c1-15(13-23-14-17-7-5-4-6-8-17)11-21-19(20-3)22-12-18-16(2)9-10-24-18/h4-10,15H,11-14H2,1-3H3,(H2,20,21,22). The van der Waals surface area contributed by atoms with Crippen LogP contribution in [0.4, 0.5) is 0 Å². The van der Waals surface area contributed by atoms with Crippen LogP contribution in [0.1, 0.15) is 22.9 Å². The number of aryl methyl sites for hydroxylation is 1. The highest BCUT2D eigenvalue weighted by Gasteiger charge is 2.06. The molecule has 4 nitrogen and oxygen atoms in total. The Hall–Kier alpha value is -1.85. The van der Waals surface area contributed by atoms with Crippen LogP contribution in [-0.2, 0) is 17.9 Å². The van der Waals surface area contributed by atoms with Crippen LogP contribution in [0.5, 0.6) is 0 Å². The largest absolute Gasteiger partial charge is 0.376 e. The van der Waals surface area contributed by atoms with Crippen molar-refractivity contribution >= 4 is 17.3 Å². The fourth-order valence-corrected chi connectivity index (χ4v) is 3.10. The highest BCUT2D eigenvalue weighted by Crippen LogP contribution is 2.14. The Morgan fingerprint density at radius 3 is 2.67 bits per heavy atom. The molecule has 24 heavy (non-hydrogen) atoms. The van der Waals surface area contributed by atoms with Gasteiger partial charge in [0.2, 0.25) is 0 Å². The van der Waals surface area contributed by atoms with Crippen LogP contribution in [0.2, 0.25) is 0 Å². The number of benzene rings is 1. The number of aliphatic imine (C=N–C) groups is 1. The van der Waals surface area contributed by atoms with E-state index in [1.165, 1.54) is 16.0 Å². The number of rotatable bonds is 8. The third kappa shape index (κ3) is 6.34. The zero-order valence-corrected chi connectivity index (χ0v) is 15.5. The Morgan fingerprint density at radius 2 is 2.00 bits per heavy atom. The zero-order chi connectivity index (χ0) is 17.2. The first kappa shape index (κ1) is 18.5. The second-order valence-electron chi connectivity index (χ2n) is 5.94. The van der Waals surface area contributed by atoms with E-state index in [1.807, 2.05) is 18.2 Å². The molecule has 1 aromatic heterocycles. The maximum absolute atomic E-state index is 5.78. The second-order valence-corrected chi connectivity index (χ2v) is 6.94. The summed E-state index contributed by atoms with van der Waals surface area (Å²) in [5.74, 6) is 1.24. The molecule has 0 aliphatic heterocycles. The van der Waals surface area contributed by atoms with Gasteiger partial charge in [-0.05, 0) is 35.4 Å². The summed E-state index contributed by atoms with van der Waals surface area (Å²) in [6.07, 6.45) is 0. The molecule has 0 bridgehead atoms. The van der Waals surface area contributed by atoms with Crippen LogP contribution in [0.15, 0.2) is 46.8 Å². The first-order chi connectivity index (χ1) is 11.7. The Labute approximate surface area is 149 Å². The number of guanidine groups is 1. The molecule has 0 radical (unpaired) electrons. The van der Waals surface area contributed by atoms with Gasteiger partial charge in [-0.2, -0.15) is 0 Å². The quantitative estimate of drug-likeness (QED) is 0.568. The molecule has 2 rings (SSSR count). The smallest absolute Gasteiger partial charge is 0.191 e. The minimum absolute atomic E-state index is 0.413. The first-order valence-corrected chi connectivity index (χ1v) is 9.16. The van der Waals surface area contributed by atoms with Gasteiger partial charge in [0, 0.05) is 18.5 Å². The lowest BCUT2D eigenvalue weighted by atomic mass is 10.2. The molecule has 1 unspecified atom stereocenters. The van der Waals surface area contributed by atoms with Gasteiger partial charge < -0.3 is 15.4 Å². The zero-order valence-electron chi connectivity index (χ0n) is 14.7. The predicted molar refractivity (Wildman–Crippen MR) is 103 cm³/mol. The molecule has 0 aliphatic rings. The Kier molecular flexibility index (Phi) is 7.79. The topological polar surface area (TPSA) is 45.7 Å². The van der Waals surface area contributed by atoms with Gasteiger partial charge in [-0.25, -0.2) is 0 Å². The van der Waals surface area contributed by atoms with Crippen LogP contribution in [-0.4, -0.2) is 26.2 Å². The van der Waals surface area contributed by atoms with Gasteiger partial charge in [-0.15, -0.1) is 11.3 Å². The van der Waals surface area contributed by atoms with E-state index in [4.69, 9.17) is 4.74 Å². The average molecular weight is 346 g/mol. The van der Waals surface area contributed by atoms with Crippen LogP contribution < -0.4 is 10.6 Å². The van der Waals surface area contributed by atoms with Crippen LogP contribution >= 0.6 is 11.3 Å². The maximum Gasteiger partial charge on any atom is 0.191 e. The molecule has 0 saturated carbocycles. The predicted octanol–water partition coefficient (Wildman–Crippen LogP) is 3.57. The summed E-state index contributed by atoms with van der Waals surface area (Å²) in [7, 11) is 1.80. The first-order valence-electron chi connectivity index (χ1n) is 8.28. The van der Waals surface area contributed by atoms with Gasteiger partial charge in [0.1, 0.15) is 0 Å². The third-order valence-corrected chi connectivity index (χ3v) is 4.76. The van der Waals surface area contributed by atoms with Gasteiger partial charge in [0.25, 0.3) is 0 Å². The molecule has 1 heterocycles. The molecule has 130 valence electrons. The minimum atomic E-state index is 0.413. The van der Waals surface area contributed by atoms with Crippen molar-refractivity contribution in [2.75, 3.05) is 20.2 Å². The molecular formula is C19H27N3OS. The van der Waals surface area contributed by atoms with E-state index < -0.39 is 0 Å². The van der Waals surface area contributed by atoms with Crippen molar-refractivity contribution in [3.8, 4) is 0 Å². The minimum Gasteiger partial charge on any atom is -0.376 e. The van der Waals surface area contributed by atoms with E-state index in [-0.39, 0.29) is 0 Å². The molecule has 0 amide bonds. The van der Waals surface area contributed by atoms with Crippen molar-refractivity contribution in [3.05, 3.63) is 57.8 Å². The number of hydrogen-bond donors (Lipinski definition) is 2. The maximum atomic E-state index is 5.78. The second kappa shape index (κ2) is 10.1. The lowest BCUT2D eigenvalue weighted by Gasteiger charge is -2.16. The van der Waals surface area contributed by atoms with Gasteiger partial charge >= 0.3 is 0 Å². The fraction of sp³-hybridized carbons (Fsp3) is 0.421. The van der Waals surface area contributed by atoms with Gasteiger partial charge in [-0.1, -0.05) is 37.3 Å². The third-order valence-electron chi connectivity index (χ3n) is 3.74. The number of ether oxygens (including phenoxy) is 1. The Bertz CT molecular complexity index is 625. The summed E-state index contributed by atoms with van der Waals surface area (Å²) in [5.41, 5.74) is 2.53. The highest BCUT2D eigenvalue weighted by atomic mass is 32.1. The molecule has 1 aromatic carbocycles. The van der Waals surface area contributed by atoms with Crippen molar-refractivity contribution in [2.45, 2.75) is 27.0 Å². The van der Waals surface area contributed by atoms with Gasteiger partial charge in [0.05, 0.1) is 19.8 Å². The van der Waals surface area contributed by atoms with Crippen LogP contribution in [0.3, 0.4) is 0 Å². The van der Waals surface area contributed by atoms with Crippen molar-refractivity contribution in [3.63, 3.8) is 0 Å². The van der Waals surface area contributed by atoms with Crippen LogP contribution in [0, 0.1) is 12.8 Å². The highest BCUT2D eigenvalue weighted by molar-refractivity contribution is 7.10. The summed E-state index contributed by atoms with van der Waals surface area (Å²) in [4.78, 5) is 5.62. The molecule has 1 atom stereocenters. The number of nitrogens with one attached hydrogen (secondary N) is 2. The van der Waals surface area contributed by atoms with E-state index >= 15 is 0 Å². The van der Waals surface area contributed by atoms with Gasteiger partial charge in [-0.3, -0.25) is 4.99 Å². The monoisotopic (exact) mass is 345 g/mol. The Morgan fingerprint density at radius 1 is 1.21 bits per heavy atom. The number of nitrogens with zero attached hydrogens (tertiary/aromatic N) is 1. The SMILES string of the molecule is CN=C(NCc1sccc1C)NCC(C)COCc1ccccc1. The molecule has 0 fully saturated rings. The normalized spacial score (nSPS) is 12.9. The summed E-state index contributed by atoms with van der Waals surface area (Å²) in [6, 6.07) is 12.4. The number of thiophene rings is 1. The van der Waals surface area contributed by atoms with Crippen LogP contribution in [0.25, 0.3) is 0 Å². The van der Waals surface area contributed by atoms with E-state index in [9.17, 15) is 0 Å². The Balaban J connectivity index is 1.64. The summed E-state index contributed by atoms with van der Waals surface area (Å²) in [5, 5.41) is 8.84. The van der Waals surface area contributed by atoms with E-state index in [1.54, 1.807) is 18.4 Å². The molecule has 2 N–H and O–H groups in total. The molecule has 0 spiro atoms. The molecule has 0 saturated heterocycles. The van der Waals surface area contributed by atoms with E-state index in [2.05, 4.69) is 53.1 Å². The van der Waals surface area contributed by atoms with Crippen molar-refractivity contribution in [2.24, 2.45) is 10.9 Å². The molecular weight excluding hydrogens is 318 g/mol. The lowest BCUT2D eigenvalue weighted by molar-refractivity contribution is 0.0931. The lowest BCUT2D eigenvalue weighted by Crippen LogP contribution is -2.39. The summed E-state index contributed by atoms with van der Waals surface area (Å²) >= 11 is 1.77. The summed E-state index contributed by atoms with van der Waals surface area (Å²) in [6.45, 7) is 7.34. The fourth-order valence-electron chi connectivity index (χ4n) is 2.25. The summed E-state index contributed by atoms with van der Waals surface area (Å²) < 4.78 is 5.78. The average Bonchev–Trinajstić information content (AvgIpc) is 3.01. The van der Waals surface area contributed by atoms with Crippen molar-refractivity contribution in [1.82, 2.24) is 10.6 Å². The van der Waals surface area contributed by atoms with Gasteiger partial charge in [0.15, 0.2) is 5.96 Å². The number of hydrogen-bond acceptors (Lipinski definition) is 3. The van der Waals surface area contributed by atoms with Crippen molar-refractivity contribution in [1.29, 1.82) is 0 Å². The van der Waals surface area contributed by atoms with Crippen molar-refractivity contribution < 1.29 is 4.74 Å². The molecule has 5 heteroatoms. The molecule has 0 aliphatic carbocycles.